The summed E-state index contributed by atoms with van der Waals surface area (Å²) >= 11 is 0. The average molecular weight is 549 g/mol. The maximum Gasteiger partial charge on any atom is 0.410 e. The topological polar surface area (TPSA) is 124 Å². The summed E-state index contributed by atoms with van der Waals surface area (Å²) < 4.78 is 5.53. The fraction of sp³-hybridized carbons (Fsp3) is 0.581. The first-order valence-electron chi connectivity index (χ1n) is 14.7. The van der Waals surface area contributed by atoms with Gasteiger partial charge in [-0.15, -0.1) is 0 Å². The second-order valence-corrected chi connectivity index (χ2v) is 13.4. The van der Waals surface area contributed by atoms with Crippen LogP contribution in [0.1, 0.15) is 68.8 Å². The van der Waals surface area contributed by atoms with Crippen molar-refractivity contribution in [2.45, 2.75) is 77.1 Å². The number of aromatic hydroxyl groups is 1. The molecule has 0 atom stereocenters. The number of anilines is 1. The number of piperidine rings is 1. The lowest BCUT2D eigenvalue weighted by Crippen LogP contribution is -2.68. The SMILES string of the molecule is CC(C)(C)OC(=O)N1CC2(CC(N3CCC(N4CCc5[nH]c(N)c(/C=C(\N)c6ccccc6O)c5C4)CC3)C2)C1. The fourth-order valence-corrected chi connectivity index (χ4v) is 7.28. The number of para-hydroxylation sites is 1. The molecule has 0 bridgehead atoms. The van der Waals surface area contributed by atoms with Crippen LogP contribution in [-0.2, 0) is 17.7 Å². The lowest BCUT2D eigenvalue weighted by atomic mass is 9.60. The molecule has 1 spiro atoms. The molecule has 9 nitrogen and oxygen atoms in total. The zero-order valence-corrected chi connectivity index (χ0v) is 24.1. The van der Waals surface area contributed by atoms with Crippen LogP contribution >= 0.6 is 0 Å². The van der Waals surface area contributed by atoms with E-state index in [1.807, 2.05) is 43.9 Å². The number of amides is 1. The molecule has 2 aromatic rings. The minimum absolute atomic E-state index is 0.169. The number of nitrogen functional groups attached to an aromatic ring is 1. The number of fused-ring (bicyclic) bond motifs is 1. The Labute approximate surface area is 237 Å². The summed E-state index contributed by atoms with van der Waals surface area (Å²) in [6, 6.07) is 8.34. The van der Waals surface area contributed by atoms with E-state index >= 15 is 0 Å². The number of hydrogen-bond donors (Lipinski definition) is 4. The predicted octanol–water partition coefficient (Wildman–Crippen LogP) is 3.98. The first kappa shape index (κ1) is 27.0. The van der Waals surface area contributed by atoms with Gasteiger partial charge in [0.05, 0.1) is 0 Å². The number of nitrogens with one attached hydrogen (secondary N) is 1. The lowest BCUT2D eigenvalue weighted by Gasteiger charge is -2.61. The van der Waals surface area contributed by atoms with E-state index in [1.165, 1.54) is 36.9 Å². The summed E-state index contributed by atoms with van der Waals surface area (Å²) in [6.07, 6.45) is 7.42. The van der Waals surface area contributed by atoms with Crippen LogP contribution in [0.5, 0.6) is 5.75 Å². The molecule has 1 aromatic heterocycles. The first-order valence-corrected chi connectivity index (χ1v) is 14.7. The Hall–Kier alpha value is -3.17. The van der Waals surface area contributed by atoms with Crippen molar-refractivity contribution in [1.82, 2.24) is 19.7 Å². The van der Waals surface area contributed by atoms with Crippen LogP contribution in [0, 0.1) is 5.41 Å². The van der Waals surface area contributed by atoms with Crippen LogP contribution in [0.4, 0.5) is 10.6 Å². The number of likely N-dealkylation sites (tertiary alicyclic amines) is 2. The van der Waals surface area contributed by atoms with Gasteiger partial charge in [0.1, 0.15) is 17.2 Å². The molecule has 4 aliphatic rings. The highest BCUT2D eigenvalue weighted by Gasteiger charge is 2.55. The Morgan fingerprint density at radius 2 is 1.80 bits per heavy atom. The van der Waals surface area contributed by atoms with Crippen molar-refractivity contribution in [3.05, 3.63) is 46.6 Å². The molecule has 0 radical (unpaired) electrons. The van der Waals surface area contributed by atoms with Crippen molar-refractivity contribution in [3.63, 3.8) is 0 Å². The van der Waals surface area contributed by atoms with E-state index in [9.17, 15) is 9.90 Å². The van der Waals surface area contributed by atoms with Gasteiger partial charge < -0.3 is 36.1 Å². The van der Waals surface area contributed by atoms with Gasteiger partial charge in [0.2, 0.25) is 0 Å². The normalized spacial score (nSPS) is 22.6. The Balaban J connectivity index is 1.02. The number of aromatic nitrogens is 1. The number of aromatic amines is 1. The van der Waals surface area contributed by atoms with Crippen molar-refractivity contribution >= 4 is 23.7 Å². The van der Waals surface area contributed by atoms with E-state index in [1.54, 1.807) is 12.1 Å². The van der Waals surface area contributed by atoms with Crippen molar-refractivity contribution < 1.29 is 14.6 Å². The molecule has 1 aliphatic carbocycles. The molecule has 6 rings (SSSR count). The third kappa shape index (κ3) is 5.17. The molecule has 1 aromatic carbocycles. The number of phenolic OH excluding ortho intramolecular Hbond substituents is 1. The van der Waals surface area contributed by atoms with Gasteiger partial charge >= 0.3 is 6.09 Å². The van der Waals surface area contributed by atoms with Gasteiger partial charge in [-0.1, -0.05) is 12.1 Å². The maximum absolute atomic E-state index is 12.3. The Morgan fingerprint density at radius 3 is 2.48 bits per heavy atom. The molecule has 0 unspecified atom stereocenters. The van der Waals surface area contributed by atoms with E-state index in [4.69, 9.17) is 16.2 Å². The predicted molar refractivity (Wildman–Crippen MR) is 157 cm³/mol. The highest BCUT2D eigenvalue weighted by Crippen LogP contribution is 2.51. The number of hydrogen-bond acceptors (Lipinski definition) is 7. The molecule has 3 aliphatic heterocycles. The highest BCUT2D eigenvalue weighted by atomic mass is 16.6. The van der Waals surface area contributed by atoms with E-state index in [-0.39, 0.29) is 11.8 Å². The van der Waals surface area contributed by atoms with E-state index in [0.29, 0.717) is 34.6 Å². The van der Waals surface area contributed by atoms with Crippen LogP contribution in [0.25, 0.3) is 11.8 Å². The van der Waals surface area contributed by atoms with E-state index < -0.39 is 5.60 Å². The molecular formula is C31H44N6O3. The van der Waals surface area contributed by atoms with Gasteiger partial charge in [0.25, 0.3) is 0 Å². The Kier molecular flexibility index (Phi) is 6.78. The number of phenols is 1. The van der Waals surface area contributed by atoms with Gasteiger partial charge in [-0.2, -0.15) is 0 Å². The Bertz CT molecular complexity index is 1290. The summed E-state index contributed by atoms with van der Waals surface area (Å²) in [6.45, 7) is 11.6. The van der Waals surface area contributed by atoms with Gasteiger partial charge in [-0.3, -0.25) is 4.90 Å². The molecule has 3 fully saturated rings. The minimum atomic E-state index is -0.437. The molecule has 2 saturated heterocycles. The van der Waals surface area contributed by atoms with Crippen molar-refractivity contribution in [3.8, 4) is 5.75 Å². The summed E-state index contributed by atoms with van der Waals surface area (Å²) in [4.78, 5) is 22.9. The highest BCUT2D eigenvalue weighted by molar-refractivity contribution is 5.86. The van der Waals surface area contributed by atoms with Crippen LogP contribution in [0.2, 0.25) is 0 Å². The maximum atomic E-state index is 12.3. The average Bonchev–Trinajstić information content (AvgIpc) is 3.16. The van der Waals surface area contributed by atoms with Crippen LogP contribution in [0.3, 0.4) is 0 Å². The molecule has 6 N–H and O–H groups in total. The number of benzene rings is 1. The molecule has 4 heterocycles. The monoisotopic (exact) mass is 548 g/mol. The molecular weight excluding hydrogens is 504 g/mol. The number of rotatable bonds is 4. The minimum Gasteiger partial charge on any atom is -0.507 e. The van der Waals surface area contributed by atoms with E-state index in [0.717, 1.165) is 51.3 Å². The Morgan fingerprint density at radius 1 is 1.10 bits per heavy atom. The number of carbonyl (C=O) groups excluding carboxylic acids is 1. The molecule has 1 saturated carbocycles. The number of nitrogens with zero attached hydrogens (tertiary/aromatic N) is 3. The first-order chi connectivity index (χ1) is 19.0. The van der Waals surface area contributed by atoms with Gasteiger partial charge in [-0.05, 0) is 83.3 Å². The molecule has 216 valence electrons. The number of ether oxygens (including phenoxy) is 1. The van der Waals surface area contributed by atoms with Crippen LogP contribution in [-0.4, -0.2) is 81.3 Å². The van der Waals surface area contributed by atoms with Gasteiger partial charge in [0.15, 0.2) is 0 Å². The smallest absolute Gasteiger partial charge is 0.410 e. The van der Waals surface area contributed by atoms with Crippen molar-refractivity contribution in [2.75, 3.05) is 38.5 Å². The molecule has 9 heteroatoms. The second kappa shape index (κ2) is 10.0. The zero-order valence-electron chi connectivity index (χ0n) is 24.1. The summed E-state index contributed by atoms with van der Waals surface area (Å²) in [5.74, 6) is 0.808. The van der Waals surface area contributed by atoms with E-state index in [2.05, 4.69) is 14.8 Å². The summed E-state index contributed by atoms with van der Waals surface area (Å²) in [7, 11) is 0. The number of nitrogens with two attached hydrogens (primary N) is 2. The van der Waals surface area contributed by atoms with Gasteiger partial charge in [-0.25, -0.2) is 4.79 Å². The van der Waals surface area contributed by atoms with Crippen LogP contribution in [0.15, 0.2) is 24.3 Å². The summed E-state index contributed by atoms with van der Waals surface area (Å²) in [5, 5.41) is 10.2. The largest absolute Gasteiger partial charge is 0.507 e. The second-order valence-electron chi connectivity index (χ2n) is 13.4. The van der Waals surface area contributed by atoms with Gasteiger partial charge in [0, 0.05) is 72.6 Å². The third-order valence-electron chi connectivity index (χ3n) is 9.36. The third-order valence-corrected chi connectivity index (χ3v) is 9.36. The molecule has 1 amide bonds. The van der Waals surface area contributed by atoms with Crippen LogP contribution < -0.4 is 11.5 Å². The summed E-state index contributed by atoms with van der Waals surface area (Å²) in [5.41, 5.74) is 17.2. The lowest BCUT2D eigenvalue weighted by molar-refractivity contribution is -0.112. The van der Waals surface area contributed by atoms with Crippen molar-refractivity contribution in [1.29, 1.82) is 0 Å². The number of carbonyl (C=O) groups is 1. The standard InChI is InChI=1S/C31H44N6O3/c1-30(2,3)40-29(39)37-18-31(19-37)15-21(16-31)35-11-8-20(9-12-35)36-13-10-26-24(17-36)23(28(33)34-26)14-25(32)22-6-4-5-7-27(22)38/h4-7,14,20-21,34,38H,8-13,15-19,32-33H2,1-3H3/b25-14-. The quantitative estimate of drug-likeness (QED) is 0.456. The zero-order chi connectivity index (χ0) is 28.2. The van der Waals surface area contributed by atoms with Crippen molar-refractivity contribution in [2.24, 2.45) is 11.1 Å². The number of H-pyrrole nitrogens is 1. The molecule has 40 heavy (non-hydrogen) atoms. The fourth-order valence-electron chi connectivity index (χ4n) is 7.28.